The van der Waals surface area contributed by atoms with Crippen molar-refractivity contribution in [2.45, 2.75) is 51.4 Å². The summed E-state index contributed by atoms with van der Waals surface area (Å²) in [7, 11) is -2.25. The minimum Gasteiger partial charge on any atom is -0.479 e. The van der Waals surface area contributed by atoms with E-state index in [1.54, 1.807) is 0 Å². The van der Waals surface area contributed by atoms with Crippen molar-refractivity contribution in [1.82, 2.24) is 0 Å². The van der Waals surface area contributed by atoms with Crippen LogP contribution >= 0.6 is 0 Å². The summed E-state index contributed by atoms with van der Waals surface area (Å²) in [6, 6.07) is 0. The Morgan fingerprint density at radius 3 is 2.00 bits per heavy atom. The lowest BCUT2D eigenvalue weighted by Gasteiger charge is -2.38. The van der Waals surface area contributed by atoms with Gasteiger partial charge in [0.05, 0.1) is 0 Å². The molecule has 0 aliphatic heterocycles. The standard InChI is InChI=1S/C12H22O5Si/c1-8(10(13)14)7-9(11(15)16)17-18(5,6)12(2,3)4/h9H,1,7H2,2-6H3,(H,13,14)(H,15,16)/t9-/m1/s1. The molecule has 1 atom stereocenters. The van der Waals surface area contributed by atoms with Gasteiger partial charge in [0.25, 0.3) is 0 Å². The number of rotatable bonds is 6. The van der Waals surface area contributed by atoms with Crippen LogP contribution in [0.2, 0.25) is 18.1 Å². The molecule has 0 aliphatic rings. The molecular formula is C12H22O5Si. The van der Waals surface area contributed by atoms with Gasteiger partial charge in [0.15, 0.2) is 8.32 Å². The minimum absolute atomic E-state index is 0.134. The third-order valence-corrected chi connectivity index (χ3v) is 7.74. The van der Waals surface area contributed by atoms with Gasteiger partial charge in [0, 0.05) is 12.0 Å². The van der Waals surface area contributed by atoms with Gasteiger partial charge >= 0.3 is 11.9 Å². The molecule has 0 unspecified atom stereocenters. The van der Waals surface area contributed by atoms with Crippen molar-refractivity contribution in [2.24, 2.45) is 0 Å². The Bertz CT molecular complexity index is 354. The van der Waals surface area contributed by atoms with Crippen molar-refractivity contribution in [1.29, 1.82) is 0 Å². The minimum atomic E-state index is -2.25. The largest absolute Gasteiger partial charge is 0.479 e. The Morgan fingerprint density at radius 1 is 1.28 bits per heavy atom. The van der Waals surface area contributed by atoms with E-state index < -0.39 is 26.4 Å². The summed E-state index contributed by atoms with van der Waals surface area (Å²) in [5, 5.41) is 17.7. The van der Waals surface area contributed by atoms with E-state index in [1.807, 2.05) is 33.9 Å². The fraction of sp³-hybridized carbons (Fsp3) is 0.667. The smallest absolute Gasteiger partial charge is 0.331 e. The summed E-state index contributed by atoms with van der Waals surface area (Å²) >= 11 is 0. The van der Waals surface area contributed by atoms with Crippen LogP contribution in [-0.2, 0) is 14.0 Å². The van der Waals surface area contributed by atoms with Crippen LogP contribution < -0.4 is 0 Å². The first-order chi connectivity index (χ1) is 7.88. The number of aliphatic carboxylic acids is 2. The molecule has 0 saturated carbocycles. The second-order valence-corrected chi connectivity index (χ2v) is 10.6. The molecule has 0 saturated heterocycles. The molecule has 0 fully saturated rings. The van der Waals surface area contributed by atoms with E-state index in [9.17, 15) is 9.59 Å². The fourth-order valence-corrected chi connectivity index (χ4v) is 2.27. The third-order valence-electron chi connectivity index (χ3n) is 3.25. The maximum atomic E-state index is 11.1. The first kappa shape index (κ1) is 16.9. The summed E-state index contributed by atoms with van der Waals surface area (Å²) < 4.78 is 5.70. The summed E-state index contributed by atoms with van der Waals surface area (Å²) in [6.45, 7) is 13.2. The van der Waals surface area contributed by atoms with Crippen molar-refractivity contribution in [3.63, 3.8) is 0 Å². The average molecular weight is 274 g/mol. The van der Waals surface area contributed by atoms with Gasteiger partial charge in [-0.15, -0.1) is 0 Å². The summed E-state index contributed by atoms with van der Waals surface area (Å²) in [5.41, 5.74) is -0.152. The predicted molar refractivity (Wildman–Crippen MR) is 71.1 cm³/mol. The topological polar surface area (TPSA) is 83.8 Å². The molecule has 0 bridgehead atoms. The van der Waals surface area contributed by atoms with Gasteiger partial charge in [-0.3, -0.25) is 0 Å². The van der Waals surface area contributed by atoms with Crippen molar-refractivity contribution in [3.05, 3.63) is 12.2 Å². The molecule has 6 heteroatoms. The lowest BCUT2D eigenvalue weighted by molar-refractivity contribution is -0.145. The molecule has 0 aliphatic carbocycles. The number of carbonyl (C=O) groups is 2. The van der Waals surface area contributed by atoms with Crippen LogP contribution in [0.5, 0.6) is 0 Å². The number of hydrogen-bond acceptors (Lipinski definition) is 3. The van der Waals surface area contributed by atoms with Crippen molar-refractivity contribution < 1.29 is 24.2 Å². The van der Waals surface area contributed by atoms with Gasteiger partial charge < -0.3 is 14.6 Å². The number of carboxylic acids is 2. The van der Waals surface area contributed by atoms with E-state index in [1.165, 1.54) is 0 Å². The molecule has 0 heterocycles. The van der Waals surface area contributed by atoms with Crippen LogP contribution in [0.1, 0.15) is 27.2 Å². The molecule has 5 nitrogen and oxygen atoms in total. The van der Waals surface area contributed by atoms with Gasteiger partial charge in [-0.1, -0.05) is 27.4 Å². The number of carboxylic acid groups (broad SMARTS) is 2. The maximum absolute atomic E-state index is 11.1. The Hall–Kier alpha value is -1.14. The molecule has 104 valence electrons. The van der Waals surface area contributed by atoms with Gasteiger partial charge in [0.1, 0.15) is 6.10 Å². The van der Waals surface area contributed by atoms with Crippen LogP contribution in [-0.4, -0.2) is 36.6 Å². The normalized spacial score (nSPS) is 14.1. The predicted octanol–water partition coefficient (Wildman–Crippen LogP) is 2.49. The monoisotopic (exact) mass is 274 g/mol. The average Bonchev–Trinajstić information content (AvgIpc) is 2.13. The molecule has 18 heavy (non-hydrogen) atoms. The van der Waals surface area contributed by atoms with Crippen molar-refractivity contribution in [2.75, 3.05) is 0 Å². The zero-order chi connectivity index (χ0) is 14.7. The summed E-state index contributed by atoms with van der Waals surface area (Å²) in [6.07, 6.45) is -1.34. The van der Waals surface area contributed by atoms with E-state index in [2.05, 4.69) is 6.58 Å². The van der Waals surface area contributed by atoms with Crippen LogP contribution in [0.25, 0.3) is 0 Å². The molecule has 0 spiro atoms. The third kappa shape index (κ3) is 4.62. The highest BCUT2D eigenvalue weighted by Gasteiger charge is 2.41. The first-order valence-electron chi connectivity index (χ1n) is 5.70. The Balaban J connectivity index is 4.91. The van der Waals surface area contributed by atoms with Crippen LogP contribution in [0.15, 0.2) is 12.2 Å². The highest BCUT2D eigenvalue weighted by atomic mass is 28.4. The lowest BCUT2D eigenvalue weighted by atomic mass is 10.1. The molecular weight excluding hydrogens is 252 g/mol. The molecule has 0 aromatic carbocycles. The number of hydrogen-bond donors (Lipinski definition) is 2. The van der Waals surface area contributed by atoms with Gasteiger partial charge in [-0.25, -0.2) is 9.59 Å². The Kier molecular flexibility index (Phi) is 5.30. The zero-order valence-electron chi connectivity index (χ0n) is 11.6. The lowest BCUT2D eigenvalue weighted by Crippen LogP contribution is -2.46. The van der Waals surface area contributed by atoms with E-state index in [0.29, 0.717) is 0 Å². The summed E-state index contributed by atoms with van der Waals surface area (Å²) in [4.78, 5) is 21.8. The highest BCUT2D eigenvalue weighted by molar-refractivity contribution is 6.74. The van der Waals surface area contributed by atoms with Gasteiger partial charge in [-0.2, -0.15) is 0 Å². The van der Waals surface area contributed by atoms with Gasteiger partial charge in [-0.05, 0) is 18.1 Å². The summed E-state index contributed by atoms with van der Waals surface area (Å²) in [5.74, 6) is -2.35. The highest BCUT2D eigenvalue weighted by Crippen LogP contribution is 2.37. The van der Waals surface area contributed by atoms with E-state index >= 15 is 0 Å². The molecule has 0 aromatic heterocycles. The Morgan fingerprint density at radius 2 is 1.72 bits per heavy atom. The van der Waals surface area contributed by atoms with Crippen molar-refractivity contribution in [3.8, 4) is 0 Å². The van der Waals surface area contributed by atoms with Gasteiger partial charge in [0.2, 0.25) is 0 Å². The molecule has 2 N–H and O–H groups in total. The second-order valence-electron chi connectivity index (χ2n) is 5.82. The fourth-order valence-electron chi connectivity index (χ4n) is 1.02. The maximum Gasteiger partial charge on any atom is 0.331 e. The van der Waals surface area contributed by atoms with Crippen LogP contribution in [0.3, 0.4) is 0 Å². The zero-order valence-corrected chi connectivity index (χ0v) is 12.6. The SMILES string of the molecule is C=C(C[C@@H](O[Si](C)(C)C(C)(C)C)C(=O)O)C(=O)O. The quantitative estimate of drug-likeness (QED) is 0.574. The molecule has 0 rings (SSSR count). The molecule has 0 aromatic rings. The molecule has 0 radical (unpaired) electrons. The van der Waals surface area contributed by atoms with Crippen LogP contribution in [0, 0.1) is 0 Å². The van der Waals surface area contributed by atoms with Crippen LogP contribution in [0.4, 0.5) is 0 Å². The Labute approximate surface area is 109 Å². The van der Waals surface area contributed by atoms with E-state index in [0.717, 1.165) is 0 Å². The van der Waals surface area contributed by atoms with E-state index in [-0.39, 0.29) is 17.0 Å². The second kappa shape index (κ2) is 5.66. The van der Waals surface area contributed by atoms with Crippen molar-refractivity contribution >= 4 is 20.3 Å². The first-order valence-corrected chi connectivity index (χ1v) is 8.61. The molecule has 0 amide bonds. The van der Waals surface area contributed by atoms with E-state index in [4.69, 9.17) is 14.6 Å².